The maximum atomic E-state index is 6.22. The predicted octanol–water partition coefficient (Wildman–Crippen LogP) is 3.18. The number of nitrogens with zero attached hydrogens (tertiary/aromatic N) is 1. The van der Waals surface area contributed by atoms with Crippen LogP contribution in [-0.4, -0.2) is 39.0 Å². The summed E-state index contributed by atoms with van der Waals surface area (Å²) in [6, 6.07) is 6.58. The molecule has 4 heteroatoms. The van der Waals surface area contributed by atoms with Crippen molar-refractivity contribution in [3.8, 4) is 5.75 Å². The van der Waals surface area contributed by atoms with Crippen LogP contribution in [0.15, 0.2) is 18.2 Å². The Labute approximate surface area is 140 Å². The van der Waals surface area contributed by atoms with Gasteiger partial charge >= 0.3 is 0 Å². The van der Waals surface area contributed by atoms with Gasteiger partial charge in [0.25, 0.3) is 0 Å². The van der Waals surface area contributed by atoms with Crippen LogP contribution < -0.4 is 15.4 Å². The number of benzene rings is 1. The fourth-order valence-corrected chi connectivity index (χ4v) is 2.77. The number of anilines is 1. The van der Waals surface area contributed by atoms with E-state index in [2.05, 4.69) is 57.7 Å². The average molecular weight is 320 g/mol. The molecule has 1 atom stereocenters. The highest BCUT2D eigenvalue weighted by molar-refractivity contribution is 5.62. The quantitative estimate of drug-likeness (QED) is 0.818. The van der Waals surface area contributed by atoms with Crippen LogP contribution in [0.2, 0.25) is 0 Å². The van der Waals surface area contributed by atoms with Gasteiger partial charge in [-0.1, -0.05) is 40.7 Å². The van der Waals surface area contributed by atoms with Gasteiger partial charge in [0.15, 0.2) is 0 Å². The molecule has 0 bridgehead atoms. The minimum atomic E-state index is 0.131. The summed E-state index contributed by atoms with van der Waals surface area (Å²) in [5, 5.41) is 0. The van der Waals surface area contributed by atoms with Crippen molar-refractivity contribution in [2.75, 3.05) is 37.7 Å². The van der Waals surface area contributed by atoms with Crippen molar-refractivity contribution < 1.29 is 9.47 Å². The molecule has 0 saturated heterocycles. The van der Waals surface area contributed by atoms with Crippen molar-refractivity contribution in [1.29, 1.82) is 0 Å². The summed E-state index contributed by atoms with van der Waals surface area (Å²) >= 11 is 0. The Morgan fingerprint density at radius 2 is 2.04 bits per heavy atom. The second kappa shape index (κ2) is 7.54. The lowest BCUT2D eigenvalue weighted by atomic mass is 9.86. The van der Waals surface area contributed by atoms with E-state index in [9.17, 15) is 0 Å². The molecule has 4 nitrogen and oxygen atoms in total. The van der Waals surface area contributed by atoms with Crippen LogP contribution in [0.4, 0.5) is 5.69 Å². The molecule has 1 aromatic carbocycles. The Kier molecular flexibility index (Phi) is 5.93. The van der Waals surface area contributed by atoms with Crippen LogP contribution in [-0.2, 0) is 10.2 Å². The molecule has 130 valence electrons. The molecule has 1 heterocycles. The summed E-state index contributed by atoms with van der Waals surface area (Å²) in [5.41, 5.74) is 8.14. The number of hydrogen-bond donors (Lipinski definition) is 1. The van der Waals surface area contributed by atoms with Gasteiger partial charge in [-0.25, -0.2) is 0 Å². The molecule has 2 N–H and O–H groups in total. The normalized spacial score (nSPS) is 18.0. The number of ether oxygens (including phenoxy) is 2. The smallest absolute Gasteiger partial charge is 0.143 e. The first-order valence-corrected chi connectivity index (χ1v) is 8.67. The van der Waals surface area contributed by atoms with Crippen LogP contribution in [0.5, 0.6) is 5.75 Å². The third-order valence-corrected chi connectivity index (χ3v) is 4.36. The van der Waals surface area contributed by atoms with Crippen molar-refractivity contribution in [3.63, 3.8) is 0 Å². The van der Waals surface area contributed by atoms with Gasteiger partial charge in [0.05, 0.1) is 25.4 Å². The summed E-state index contributed by atoms with van der Waals surface area (Å²) in [5.74, 6) is 1.47. The number of rotatable bonds is 6. The molecule has 0 saturated carbocycles. The summed E-state index contributed by atoms with van der Waals surface area (Å²) in [6.45, 7) is 14.8. The zero-order chi connectivity index (χ0) is 17.0. The molecule has 0 aliphatic carbocycles. The summed E-state index contributed by atoms with van der Waals surface area (Å²) < 4.78 is 11.8. The molecule has 1 aromatic rings. The van der Waals surface area contributed by atoms with Crippen LogP contribution in [0, 0.1) is 5.92 Å². The van der Waals surface area contributed by atoms with E-state index < -0.39 is 0 Å². The third-order valence-electron chi connectivity index (χ3n) is 4.36. The van der Waals surface area contributed by atoms with Crippen LogP contribution in [0.3, 0.4) is 0 Å². The lowest BCUT2D eigenvalue weighted by molar-refractivity contribution is 0.127. The Bertz CT molecular complexity index is 509. The predicted molar refractivity (Wildman–Crippen MR) is 96.5 cm³/mol. The Balaban J connectivity index is 2.22. The standard InChI is InChI=1S/C19H32N2O2/c1-14(2)18-13-21(9-11-22-10-8-20)16-12-15(19(3,4)5)6-7-17(16)23-18/h6-7,12,14,18H,8-11,13,20H2,1-5H3. The van der Waals surface area contributed by atoms with Crippen LogP contribution in [0.1, 0.15) is 40.2 Å². The van der Waals surface area contributed by atoms with Crippen molar-refractivity contribution in [2.45, 2.75) is 46.1 Å². The lowest BCUT2D eigenvalue weighted by Crippen LogP contribution is -2.44. The van der Waals surface area contributed by atoms with E-state index in [0.29, 0.717) is 25.7 Å². The van der Waals surface area contributed by atoms with E-state index in [1.54, 1.807) is 0 Å². The Morgan fingerprint density at radius 1 is 1.30 bits per heavy atom. The molecule has 1 aliphatic rings. The van der Waals surface area contributed by atoms with Crippen molar-refractivity contribution in [2.24, 2.45) is 11.7 Å². The van der Waals surface area contributed by atoms with Gasteiger partial charge in [-0.15, -0.1) is 0 Å². The van der Waals surface area contributed by atoms with E-state index >= 15 is 0 Å². The maximum Gasteiger partial charge on any atom is 0.143 e. The fraction of sp³-hybridized carbons (Fsp3) is 0.684. The average Bonchev–Trinajstić information content (AvgIpc) is 2.49. The van der Waals surface area contributed by atoms with Gasteiger partial charge in [-0.2, -0.15) is 0 Å². The topological polar surface area (TPSA) is 47.7 Å². The number of hydrogen-bond acceptors (Lipinski definition) is 4. The highest BCUT2D eigenvalue weighted by Gasteiger charge is 2.29. The molecule has 1 aliphatic heterocycles. The van der Waals surface area contributed by atoms with E-state index in [1.165, 1.54) is 11.3 Å². The molecule has 2 rings (SSSR count). The summed E-state index contributed by atoms with van der Waals surface area (Å²) in [7, 11) is 0. The minimum Gasteiger partial charge on any atom is -0.486 e. The first kappa shape index (κ1) is 18.1. The van der Waals surface area contributed by atoms with Gasteiger partial charge in [-0.3, -0.25) is 0 Å². The molecule has 0 amide bonds. The molecule has 23 heavy (non-hydrogen) atoms. The Morgan fingerprint density at radius 3 is 2.65 bits per heavy atom. The van der Waals surface area contributed by atoms with Crippen molar-refractivity contribution >= 4 is 5.69 Å². The zero-order valence-electron chi connectivity index (χ0n) is 15.3. The molecule has 1 unspecified atom stereocenters. The minimum absolute atomic E-state index is 0.131. The van der Waals surface area contributed by atoms with E-state index in [1.807, 2.05) is 0 Å². The van der Waals surface area contributed by atoms with Gasteiger partial charge in [0, 0.05) is 13.1 Å². The monoisotopic (exact) mass is 320 g/mol. The molecular formula is C19H32N2O2. The largest absolute Gasteiger partial charge is 0.486 e. The molecular weight excluding hydrogens is 288 g/mol. The van der Waals surface area contributed by atoms with E-state index in [4.69, 9.17) is 15.2 Å². The number of fused-ring (bicyclic) bond motifs is 1. The molecule has 0 spiro atoms. The lowest BCUT2D eigenvalue weighted by Gasteiger charge is -2.38. The molecule has 0 aromatic heterocycles. The van der Waals surface area contributed by atoms with Crippen LogP contribution in [0.25, 0.3) is 0 Å². The fourth-order valence-electron chi connectivity index (χ4n) is 2.77. The number of nitrogens with two attached hydrogens (primary N) is 1. The van der Waals surface area contributed by atoms with Crippen molar-refractivity contribution in [1.82, 2.24) is 0 Å². The molecule has 0 fully saturated rings. The highest BCUT2D eigenvalue weighted by atomic mass is 16.5. The summed E-state index contributed by atoms with van der Waals surface area (Å²) in [4.78, 5) is 2.40. The first-order valence-electron chi connectivity index (χ1n) is 8.67. The van der Waals surface area contributed by atoms with Crippen LogP contribution >= 0.6 is 0 Å². The van der Waals surface area contributed by atoms with Gasteiger partial charge in [0.1, 0.15) is 11.9 Å². The second-order valence-corrected chi connectivity index (χ2v) is 7.68. The maximum absolute atomic E-state index is 6.22. The Hall–Kier alpha value is -1.26. The van der Waals surface area contributed by atoms with E-state index in [0.717, 1.165) is 18.8 Å². The highest BCUT2D eigenvalue weighted by Crippen LogP contribution is 2.38. The van der Waals surface area contributed by atoms with Gasteiger partial charge in [0.2, 0.25) is 0 Å². The molecule has 0 radical (unpaired) electrons. The summed E-state index contributed by atoms with van der Waals surface area (Å²) in [6.07, 6.45) is 0.220. The van der Waals surface area contributed by atoms with E-state index in [-0.39, 0.29) is 11.5 Å². The van der Waals surface area contributed by atoms with Crippen molar-refractivity contribution in [3.05, 3.63) is 23.8 Å². The van der Waals surface area contributed by atoms with Gasteiger partial charge in [-0.05, 0) is 29.0 Å². The van der Waals surface area contributed by atoms with Gasteiger partial charge < -0.3 is 20.1 Å². The SMILES string of the molecule is CC(C)C1CN(CCOCCN)c2cc(C(C)(C)C)ccc2O1. The third kappa shape index (κ3) is 4.61. The second-order valence-electron chi connectivity index (χ2n) is 7.68. The zero-order valence-corrected chi connectivity index (χ0v) is 15.3. The first-order chi connectivity index (χ1) is 10.8.